The van der Waals surface area contributed by atoms with Crippen LogP contribution in [0.2, 0.25) is 0 Å². The molecule has 0 aliphatic rings. The molecule has 0 fully saturated rings. The lowest BCUT2D eigenvalue weighted by Gasteiger charge is -2.16. The van der Waals surface area contributed by atoms with Crippen molar-refractivity contribution >= 4 is 21.5 Å². The summed E-state index contributed by atoms with van der Waals surface area (Å²) in [5.41, 5.74) is 11.8. The molecule has 10 aromatic rings. The Bertz CT molecular complexity index is 3170. The molecule has 0 aliphatic carbocycles. The highest BCUT2D eigenvalue weighted by molar-refractivity contribution is 6.14. The van der Waals surface area contributed by atoms with Gasteiger partial charge in [-0.05, 0) is 96.4 Å². The Morgan fingerprint density at radius 1 is 0.293 bits per heavy atom. The number of hydrogen-bond donors (Lipinski definition) is 0. The first kappa shape index (κ1) is 34.5. The zero-order valence-electron chi connectivity index (χ0n) is 31.4. The number of benzene rings is 9. The van der Waals surface area contributed by atoms with Gasteiger partial charge in [0.25, 0.3) is 0 Å². The predicted octanol–water partition coefficient (Wildman–Crippen LogP) is 13.7. The maximum absolute atomic E-state index is 9.62. The quantitative estimate of drug-likeness (QED) is 0.153. The topological polar surface area (TPSA) is 62.5 Å². The third-order valence-electron chi connectivity index (χ3n) is 10.8. The van der Waals surface area contributed by atoms with Crippen molar-refractivity contribution in [1.29, 1.82) is 5.26 Å². The fraction of sp³-hybridized carbons (Fsp3) is 0. The van der Waals surface area contributed by atoms with Crippen LogP contribution in [0.3, 0.4) is 0 Å². The first-order valence-corrected chi connectivity index (χ1v) is 19.3. The van der Waals surface area contributed by atoms with E-state index in [1.807, 2.05) is 48.5 Å². The molecule has 0 bridgehead atoms. The molecule has 0 radical (unpaired) electrons. The van der Waals surface area contributed by atoms with Crippen LogP contribution in [0.25, 0.3) is 100 Å². The molecule has 0 spiro atoms. The van der Waals surface area contributed by atoms with Crippen molar-refractivity contribution in [3.63, 3.8) is 0 Å². The van der Waals surface area contributed by atoms with Crippen molar-refractivity contribution in [3.8, 4) is 84.7 Å². The summed E-state index contributed by atoms with van der Waals surface area (Å²) in [4.78, 5) is 15.7. The van der Waals surface area contributed by atoms with Crippen molar-refractivity contribution in [2.75, 3.05) is 0 Å². The highest BCUT2D eigenvalue weighted by atomic mass is 15.0. The highest BCUT2D eigenvalue weighted by Gasteiger charge is 2.19. The highest BCUT2D eigenvalue weighted by Crippen LogP contribution is 2.40. The van der Waals surface area contributed by atoms with Crippen LogP contribution in [0, 0.1) is 11.3 Å². The maximum Gasteiger partial charge on any atom is 0.164 e. The lowest BCUT2D eigenvalue weighted by Crippen LogP contribution is -2.01. The number of hydrogen-bond acceptors (Lipinski definition) is 4. The van der Waals surface area contributed by atoms with Crippen LogP contribution in [0.1, 0.15) is 5.56 Å². The lowest BCUT2D eigenvalue weighted by molar-refractivity contribution is 1.07. The van der Waals surface area contributed by atoms with E-state index in [-0.39, 0.29) is 0 Å². The molecule has 0 amide bonds. The van der Waals surface area contributed by atoms with E-state index in [9.17, 15) is 5.26 Å². The Kier molecular flexibility index (Phi) is 8.87. The van der Waals surface area contributed by atoms with Crippen molar-refractivity contribution in [2.24, 2.45) is 0 Å². The van der Waals surface area contributed by atoms with Gasteiger partial charge in [0.05, 0.1) is 11.6 Å². The molecule has 4 heteroatoms. The maximum atomic E-state index is 9.62. The first-order chi connectivity index (χ1) is 28.7. The molecular formula is C54H34N4. The minimum Gasteiger partial charge on any atom is -0.208 e. The van der Waals surface area contributed by atoms with Gasteiger partial charge >= 0.3 is 0 Å². The van der Waals surface area contributed by atoms with Crippen molar-refractivity contribution in [3.05, 3.63) is 212 Å². The van der Waals surface area contributed by atoms with Crippen LogP contribution in [0.5, 0.6) is 0 Å². The first-order valence-electron chi connectivity index (χ1n) is 19.3. The summed E-state index contributed by atoms with van der Waals surface area (Å²) in [5, 5.41) is 14.4. The van der Waals surface area contributed by atoms with E-state index in [1.54, 1.807) is 0 Å². The van der Waals surface area contributed by atoms with Gasteiger partial charge in [0.1, 0.15) is 0 Å². The Morgan fingerprint density at radius 2 is 0.828 bits per heavy atom. The molecule has 0 saturated heterocycles. The van der Waals surface area contributed by atoms with Crippen LogP contribution < -0.4 is 0 Å². The number of fused-ring (bicyclic) bond motifs is 3. The summed E-state index contributed by atoms with van der Waals surface area (Å²) >= 11 is 0. The van der Waals surface area contributed by atoms with Crippen LogP contribution in [-0.2, 0) is 0 Å². The van der Waals surface area contributed by atoms with Gasteiger partial charge in [-0.3, -0.25) is 0 Å². The number of aromatic nitrogens is 3. The average molecular weight is 739 g/mol. The Morgan fingerprint density at radius 3 is 1.59 bits per heavy atom. The van der Waals surface area contributed by atoms with Gasteiger partial charge in [-0.25, -0.2) is 15.0 Å². The molecule has 1 aromatic heterocycles. The molecule has 9 aromatic carbocycles. The molecule has 0 aliphatic heterocycles. The second kappa shape index (κ2) is 14.9. The Hall–Kier alpha value is -8.00. The molecule has 1 heterocycles. The zero-order valence-corrected chi connectivity index (χ0v) is 31.4. The van der Waals surface area contributed by atoms with Gasteiger partial charge in [0.15, 0.2) is 17.5 Å². The third kappa shape index (κ3) is 6.57. The molecule has 0 unspecified atom stereocenters. The summed E-state index contributed by atoms with van der Waals surface area (Å²) in [7, 11) is 0. The van der Waals surface area contributed by atoms with E-state index in [0.29, 0.717) is 23.0 Å². The molecule has 0 N–H and O–H groups in total. The van der Waals surface area contributed by atoms with Gasteiger partial charge in [0.2, 0.25) is 0 Å². The fourth-order valence-electron chi connectivity index (χ4n) is 7.86. The van der Waals surface area contributed by atoms with E-state index in [1.165, 1.54) is 21.5 Å². The summed E-state index contributed by atoms with van der Waals surface area (Å²) in [6, 6.07) is 73.5. The summed E-state index contributed by atoms with van der Waals surface area (Å²) in [6.45, 7) is 0. The Labute approximate surface area is 337 Å². The summed E-state index contributed by atoms with van der Waals surface area (Å²) < 4.78 is 0. The van der Waals surface area contributed by atoms with Gasteiger partial charge in [0, 0.05) is 16.7 Å². The number of nitriles is 1. The van der Waals surface area contributed by atoms with Crippen molar-refractivity contribution in [1.82, 2.24) is 15.0 Å². The fourth-order valence-corrected chi connectivity index (χ4v) is 7.86. The van der Waals surface area contributed by atoms with Gasteiger partial charge < -0.3 is 0 Å². The smallest absolute Gasteiger partial charge is 0.164 e. The van der Waals surface area contributed by atoms with Gasteiger partial charge in [-0.1, -0.05) is 176 Å². The summed E-state index contributed by atoms with van der Waals surface area (Å²) in [5.74, 6) is 1.72. The SMILES string of the molecule is N#Cc1cccc(-c2cccc(-c3nc(-c4ccc(-c5ccccc5)cc4)nc(-c4cc(-c5cc6ccccc6c6ccccc56)ccc4-c4ccccc4)n3)c2)c1. The van der Waals surface area contributed by atoms with E-state index in [4.69, 9.17) is 15.0 Å². The van der Waals surface area contributed by atoms with E-state index < -0.39 is 0 Å². The Balaban J connectivity index is 1.20. The molecule has 4 nitrogen and oxygen atoms in total. The number of nitrogens with zero attached hydrogens (tertiary/aromatic N) is 4. The third-order valence-corrected chi connectivity index (χ3v) is 10.8. The molecular weight excluding hydrogens is 705 g/mol. The van der Waals surface area contributed by atoms with Crippen molar-refractivity contribution in [2.45, 2.75) is 0 Å². The second-order valence-corrected chi connectivity index (χ2v) is 14.3. The van der Waals surface area contributed by atoms with Gasteiger partial charge in [-0.2, -0.15) is 5.26 Å². The summed E-state index contributed by atoms with van der Waals surface area (Å²) in [6.07, 6.45) is 0. The van der Waals surface area contributed by atoms with E-state index >= 15 is 0 Å². The average Bonchev–Trinajstić information content (AvgIpc) is 3.31. The molecule has 10 rings (SSSR count). The van der Waals surface area contributed by atoms with Crippen LogP contribution in [0.15, 0.2) is 206 Å². The zero-order chi connectivity index (χ0) is 38.8. The minimum atomic E-state index is 0.561. The molecule has 270 valence electrons. The van der Waals surface area contributed by atoms with E-state index in [0.717, 1.165) is 61.2 Å². The monoisotopic (exact) mass is 738 g/mol. The van der Waals surface area contributed by atoms with E-state index in [2.05, 4.69) is 164 Å². The molecule has 0 atom stereocenters. The standard InChI is InChI=1S/C54H34N4/c55-35-36-13-11-19-41(31-36)42-20-12-21-45(32-42)53-56-52(40-27-25-38(26-28-40)37-14-3-1-4-15-37)57-54(58-53)51-34-44(29-30-47(51)39-16-5-2-6-17-39)50-33-43-18-7-8-22-46(43)48-23-9-10-24-49(48)50/h1-34H. The normalized spacial score (nSPS) is 11.1. The minimum absolute atomic E-state index is 0.561. The van der Waals surface area contributed by atoms with Gasteiger partial charge in [-0.15, -0.1) is 0 Å². The van der Waals surface area contributed by atoms with Crippen LogP contribution >= 0.6 is 0 Å². The second-order valence-electron chi connectivity index (χ2n) is 14.3. The predicted molar refractivity (Wildman–Crippen MR) is 238 cm³/mol. The van der Waals surface area contributed by atoms with Crippen molar-refractivity contribution < 1.29 is 0 Å². The lowest BCUT2D eigenvalue weighted by atomic mass is 9.90. The molecule has 0 saturated carbocycles. The van der Waals surface area contributed by atoms with Crippen LogP contribution in [0.4, 0.5) is 0 Å². The number of rotatable bonds is 7. The van der Waals surface area contributed by atoms with Crippen LogP contribution in [-0.4, -0.2) is 15.0 Å². The largest absolute Gasteiger partial charge is 0.208 e. The molecule has 58 heavy (non-hydrogen) atoms.